The van der Waals surface area contributed by atoms with Gasteiger partial charge in [-0.25, -0.2) is 0 Å². The fourth-order valence-electron chi connectivity index (χ4n) is 2.11. The lowest BCUT2D eigenvalue weighted by molar-refractivity contribution is -0.384. The Hall–Kier alpha value is -2.97. The molecule has 0 aliphatic carbocycles. The molecular formula is C18H14Cl2N2O6. The minimum atomic E-state index is -0.734. The van der Waals surface area contributed by atoms with E-state index in [1.165, 1.54) is 42.5 Å². The number of carbonyl (C=O) groups excluding carboxylic acids is 3. The van der Waals surface area contributed by atoms with E-state index in [0.29, 0.717) is 5.02 Å². The molecule has 0 bridgehead atoms. The zero-order chi connectivity index (χ0) is 20.7. The van der Waals surface area contributed by atoms with Crippen molar-refractivity contribution in [3.63, 3.8) is 0 Å². The van der Waals surface area contributed by atoms with E-state index in [9.17, 15) is 24.5 Å². The molecule has 0 unspecified atom stereocenters. The Labute approximate surface area is 169 Å². The molecule has 0 atom stereocenters. The number of amides is 1. The molecule has 10 heteroatoms. The van der Waals surface area contributed by atoms with Crippen LogP contribution >= 0.6 is 23.2 Å². The summed E-state index contributed by atoms with van der Waals surface area (Å²) < 4.78 is 4.85. The van der Waals surface area contributed by atoms with Crippen LogP contribution in [0.2, 0.25) is 10.0 Å². The van der Waals surface area contributed by atoms with Crippen molar-refractivity contribution in [1.82, 2.24) is 0 Å². The van der Waals surface area contributed by atoms with Gasteiger partial charge >= 0.3 is 5.97 Å². The maximum Gasteiger partial charge on any atom is 0.306 e. The van der Waals surface area contributed by atoms with Crippen molar-refractivity contribution in [2.75, 3.05) is 11.9 Å². The Morgan fingerprint density at radius 3 is 2.46 bits per heavy atom. The molecule has 2 rings (SSSR count). The molecule has 0 aromatic heterocycles. The van der Waals surface area contributed by atoms with Crippen LogP contribution in [0.5, 0.6) is 0 Å². The number of nitrogens with zero attached hydrogens (tertiary/aromatic N) is 1. The molecule has 28 heavy (non-hydrogen) atoms. The van der Waals surface area contributed by atoms with Crippen LogP contribution in [0.1, 0.15) is 23.2 Å². The Bertz CT molecular complexity index is 932. The zero-order valence-electron chi connectivity index (χ0n) is 14.3. The Balaban J connectivity index is 1.78. The lowest BCUT2D eigenvalue weighted by atomic mass is 10.1. The van der Waals surface area contributed by atoms with E-state index in [1.54, 1.807) is 0 Å². The van der Waals surface area contributed by atoms with Crippen LogP contribution in [0.25, 0.3) is 0 Å². The molecule has 0 aliphatic rings. The molecule has 2 aromatic carbocycles. The summed E-state index contributed by atoms with van der Waals surface area (Å²) in [7, 11) is 0. The van der Waals surface area contributed by atoms with Crippen molar-refractivity contribution in [3.8, 4) is 0 Å². The summed E-state index contributed by atoms with van der Waals surface area (Å²) >= 11 is 11.6. The van der Waals surface area contributed by atoms with Gasteiger partial charge in [0.05, 0.1) is 21.4 Å². The number of rotatable bonds is 8. The van der Waals surface area contributed by atoms with Gasteiger partial charge in [-0.1, -0.05) is 29.3 Å². The van der Waals surface area contributed by atoms with Crippen LogP contribution in [0.3, 0.4) is 0 Å². The van der Waals surface area contributed by atoms with Crippen molar-refractivity contribution in [3.05, 3.63) is 68.2 Å². The van der Waals surface area contributed by atoms with Gasteiger partial charge in [0.25, 0.3) is 5.69 Å². The first-order valence-electron chi connectivity index (χ1n) is 7.94. The molecule has 1 N–H and O–H groups in total. The third kappa shape index (κ3) is 6.33. The summed E-state index contributed by atoms with van der Waals surface area (Å²) in [6.45, 7) is -0.497. The fraction of sp³-hybridized carbons (Fsp3) is 0.167. The van der Waals surface area contributed by atoms with Gasteiger partial charge in [0, 0.05) is 29.8 Å². The first kappa shape index (κ1) is 21.3. The normalized spacial score (nSPS) is 10.2. The summed E-state index contributed by atoms with van der Waals surface area (Å²) in [6.07, 6.45) is -0.460. The van der Waals surface area contributed by atoms with Gasteiger partial charge in [0.2, 0.25) is 5.91 Å². The second-order valence-electron chi connectivity index (χ2n) is 5.57. The number of ether oxygens (including phenoxy) is 1. The molecule has 146 valence electrons. The highest BCUT2D eigenvalue weighted by atomic mass is 35.5. The third-order valence-corrected chi connectivity index (χ3v) is 4.24. The first-order chi connectivity index (χ1) is 13.3. The number of hydrogen-bond donors (Lipinski definition) is 1. The van der Waals surface area contributed by atoms with Gasteiger partial charge < -0.3 is 10.1 Å². The number of nitro benzene ring substituents is 1. The molecule has 0 saturated heterocycles. The molecule has 8 nitrogen and oxygen atoms in total. The molecule has 0 heterocycles. The highest BCUT2D eigenvalue weighted by Crippen LogP contribution is 2.23. The van der Waals surface area contributed by atoms with Crippen LogP contribution < -0.4 is 5.32 Å². The number of halogens is 2. The quantitative estimate of drug-likeness (QED) is 0.295. The van der Waals surface area contributed by atoms with E-state index in [0.717, 1.165) is 0 Å². The van der Waals surface area contributed by atoms with E-state index >= 15 is 0 Å². The number of nitrogens with one attached hydrogen (secondary N) is 1. The van der Waals surface area contributed by atoms with Crippen molar-refractivity contribution in [2.24, 2.45) is 0 Å². The van der Waals surface area contributed by atoms with Crippen LogP contribution in [0.4, 0.5) is 11.4 Å². The molecule has 1 amide bonds. The van der Waals surface area contributed by atoms with Gasteiger partial charge in [-0.2, -0.15) is 0 Å². The van der Waals surface area contributed by atoms with Crippen LogP contribution in [0, 0.1) is 10.1 Å². The average Bonchev–Trinajstić information content (AvgIpc) is 2.66. The number of ketones is 1. The minimum Gasteiger partial charge on any atom is -0.457 e. The number of carbonyl (C=O) groups is 3. The van der Waals surface area contributed by atoms with Gasteiger partial charge in [-0.15, -0.1) is 0 Å². The molecule has 0 aliphatic heterocycles. The molecule has 0 saturated carbocycles. The average molecular weight is 425 g/mol. The summed E-state index contributed by atoms with van der Waals surface area (Å²) in [4.78, 5) is 45.6. The summed E-state index contributed by atoms with van der Waals surface area (Å²) in [5, 5.41) is 13.7. The van der Waals surface area contributed by atoms with Gasteiger partial charge in [-0.3, -0.25) is 24.5 Å². The maximum absolute atomic E-state index is 12.0. The van der Waals surface area contributed by atoms with Crippen LogP contribution in [0.15, 0.2) is 42.5 Å². The van der Waals surface area contributed by atoms with Gasteiger partial charge in [-0.05, 0) is 24.3 Å². The highest BCUT2D eigenvalue weighted by Gasteiger charge is 2.14. The monoisotopic (exact) mass is 424 g/mol. The van der Waals surface area contributed by atoms with Gasteiger partial charge in [0.15, 0.2) is 12.4 Å². The lowest BCUT2D eigenvalue weighted by Crippen LogP contribution is -2.17. The molecule has 0 radical (unpaired) electrons. The van der Waals surface area contributed by atoms with Crippen LogP contribution in [-0.2, 0) is 14.3 Å². The topological polar surface area (TPSA) is 116 Å². The number of nitro groups is 1. The zero-order valence-corrected chi connectivity index (χ0v) is 15.8. The van der Waals surface area contributed by atoms with Crippen molar-refractivity contribution >= 4 is 52.2 Å². The molecule has 0 fully saturated rings. The highest BCUT2D eigenvalue weighted by molar-refractivity contribution is 6.42. The number of anilines is 1. The van der Waals surface area contributed by atoms with Crippen molar-refractivity contribution in [1.29, 1.82) is 0 Å². The number of non-ortho nitro benzene ring substituents is 1. The summed E-state index contributed by atoms with van der Waals surface area (Å²) in [5.74, 6) is -1.72. The second kappa shape index (κ2) is 9.82. The number of hydrogen-bond acceptors (Lipinski definition) is 6. The second-order valence-corrected chi connectivity index (χ2v) is 6.38. The van der Waals surface area contributed by atoms with E-state index in [4.69, 9.17) is 27.9 Å². The number of esters is 1. The Kier molecular flexibility index (Phi) is 7.48. The molecule has 0 spiro atoms. The van der Waals surface area contributed by atoms with E-state index < -0.39 is 29.2 Å². The van der Waals surface area contributed by atoms with E-state index in [2.05, 4.69) is 5.32 Å². The maximum atomic E-state index is 12.0. The number of Topliss-reactive ketones (excluding diaryl/α,β-unsaturated/α-hetero) is 1. The predicted octanol–water partition coefficient (Wildman–Crippen LogP) is 4.05. The van der Waals surface area contributed by atoms with E-state index in [1.807, 2.05) is 0 Å². The molecule has 2 aromatic rings. The predicted molar refractivity (Wildman–Crippen MR) is 103 cm³/mol. The largest absolute Gasteiger partial charge is 0.457 e. The summed E-state index contributed by atoms with van der Waals surface area (Å²) in [5.41, 5.74) is 0.311. The Morgan fingerprint density at radius 2 is 1.79 bits per heavy atom. The SMILES string of the molecule is O=C(CCC(=O)OCC(=O)c1ccc(Cl)c(Cl)c1)Nc1cccc([N+](=O)[O-])c1. The fourth-order valence-corrected chi connectivity index (χ4v) is 2.41. The minimum absolute atomic E-state index is 0.168. The van der Waals surface area contributed by atoms with Gasteiger partial charge in [0.1, 0.15) is 0 Å². The summed E-state index contributed by atoms with van der Waals surface area (Å²) in [6, 6.07) is 9.68. The molecular weight excluding hydrogens is 411 g/mol. The first-order valence-corrected chi connectivity index (χ1v) is 8.70. The number of benzene rings is 2. The van der Waals surface area contributed by atoms with Crippen molar-refractivity contribution < 1.29 is 24.0 Å². The third-order valence-electron chi connectivity index (χ3n) is 3.50. The smallest absolute Gasteiger partial charge is 0.306 e. The standard InChI is InChI=1S/C18H14Cl2N2O6/c19-14-5-4-11(8-15(14)20)16(23)10-28-18(25)7-6-17(24)21-12-2-1-3-13(9-12)22(26)27/h1-5,8-9H,6-7,10H2,(H,21,24). The Morgan fingerprint density at radius 1 is 1.04 bits per heavy atom. The van der Waals surface area contributed by atoms with Crippen LogP contribution in [-0.4, -0.2) is 29.2 Å². The van der Waals surface area contributed by atoms with E-state index in [-0.39, 0.29) is 34.8 Å². The lowest BCUT2D eigenvalue weighted by Gasteiger charge is -2.06. The van der Waals surface area contributed by atoms with Crippen molar-refractivity contribution in [2.45, 2.75) is 12.8 Å².